The van der Waals surface area contributed by atoms with Gasteiger partial charge in [0.15, 0.2) is 0 Å². The van der Waals surface area contributed by atoms with Crippen molar-refractivity contribution in [3.8, 4) is 0 Å². The van der Waals surface area contributed by atoms with Crippen LogP contribution in [0.2, 0.25) is 10.0 Å². The van der Waals surface area contributed by atoms with Crippen molar-refractivity contribution in [3.05, 3.63) is 44.6 Å². The van der Waals surface area contributed by atoms with Crippen LogP contribution in [0.3, 0.4) is 0 Å². The van der Waals surface area contributed by atoms with Gasteiger partial charge in [0.25, 0.3) is 10.0 Å². The molecular formula is C12H9Cl2NO4S2. The van der Waals surface area contributed by atoms with Gasteiger partial charge < -0.3 is 4.74 Å². The molecule has 2 rings (SSSR count). The number of esters is 1. The summed E-state index contributed by atoms with van der Waals surface area (Å²) in [6.07, 6.45) is 0. The van der Waals surface area contributed by atoms with E-state index in [9.17, 15) is 13.2 Å². The summed E-state index contributed by atoms with van der Waals surface area (Å²) in [5, 5.41) is 3.30. The molecule has 1 heterocycles. The minimum absolute atomic E-state index is 0.00940. The summed E-state index contributed by atoms with van der Waals surface area (Å²) in [7, 11) is -2.72. The lowest BCUT2D eigenvalue weighted by molar-refractivity contribution is 0.0602. The fraction of sp³-hybridized carbons (Fsp3) is 0.0833. The van der Waals surface area contributed by atoms with Gasteiger partial charge in [-0.3, -0.25) is 4.72 Å². The maximum atomic E-state index is 12.3. The number of thiophene rings is 1. The zero-order chi connectivity index (χ0) is 15.6. The van der Waals surface area contributed by atoms with Crippen molar-refractivity contribution in [2.24, 2.45) is 0 Å². The van der Waals surface area contributed by atoms with Gasteiger partial charge in [-0.05, 0) is 18.2 Å². The highest BCUT2D eigenvalue weighted by atomic mass is 35.5. The van der Waals surface area contributed by atoms with E-state index in [2.05, 4.69) is 9.46 Å². The molecule has 0 spiro atoms. The highest BCUT2D eigenvalue weighted by molar-refractivity contribution is 7.92. The van der Waals surface area contributed by atoms with Crippen LogP contribution in [-0.4, -0.2) is 21.5 Å². The number of benzene rings is 1. The molecule has 1 aromatic heterocycles. The minimum Gasteiger partial charge on any atom is -0.465 e. The molecule has 0 unspecified atom stereocenters. The third kappa shape index (κ3) is 3.49. The van der Waals surface area contributed by atoms with Gasteiger partial charge in [-0.15, -0.1) is 11.3 Å². The van der Waals surface area contributed by atoms with Crippen LogP contribution < -0.4 is 4.72 Å². The topological polar surface area (TPSA) is 72.5 Å². The van der Waals surface area contributed by atoms with Crippen molar-refractivity contribution in [2.45, 2.75) is 4.90 Å². The maximum Gasteiger partial charge on any atom is 0.340 e. The second-order valence-corrected chi connectivity index (χ2v) is 7.11. The summed E-state index contributed by atoms with van der Waals surface area (Å²) in [4.78, 5) is 11.4. The molecule has 2 aromatic rings. The Labute approximate surface area is 135 Å². The molecule has 0 aliphatic heterocycles. The van der Waals surface area contributed by atoms with Crippen molar-refractivity contribution in [2.75, 3.05) is 11.8 Å². The molecule has 0 atom stereocenters. The van der Waals surface area contributed by atoms with Crippen molar-refractivity contribution in [3.63, 3.8) is 0 Å². The van der Waals surface area contributed by atoms with Gasteiger partial charge in [0.05, 0.1) is 23.4 Å². The van der Waals surface area contributed by atoms with E-state index < -0.39 is 16.0 Å². The number of nitrogens with one attached hydrogen (secondary N) is 1. The molecule has 0 fully saturated rings. The number of rotatable bonds is 4. The standard InChI is InChI=1S/C12H9Cl2NO4S2/c1-19-12(16)8-5-20-6-10(8)15-21(17,18)11-3-2-7(13)4-9(11)14/h2-6,15H,1H3. The Morgan fingerprint density at radius 1 is 1.29 bits per heavy atom. The van der Waals surface area contributed by atoms with Crippen LogP contribution in [0, 0.1) is 0 Å². The number of carbonyl (C=O) groups excluding carboxylic acids is 1. The van der Waals surface area contributed by atoms with Crippen LogP contribution >= 0.6 is 34.5 Å². The van der Waals surface area contributed by atoms with Gasteiger partial charge >= 0.3 is 5.97 Å². The smallest absolute Gasteiger partial charge is 0.340 e. The number of hydrogen-bond donors (Lipinski definition) is 1. The molecule has 0 amide bonds. The highest BCUT2D eigenvalue weighted by Crippen LogP contribution is 2.29. The summed E-state index contributed by atoms with van der Waals surface area (Å²) in [6.45, 7) is 0. The molecule has 1 N–H and O–H groups in total. The summed E-state index contributed by atoms with van der Waals surface area (Å²) >= 11 is 12.8. The SMILES string of the molecule is COC(=O)c1cscc1NS(=O)(=O)c1ccc(Cl)cc1Cl. The molecule has 5 nitrogen and oxygen atoms in total. The van der Waals surface area contributed by atoms with E-state index in [1.807, 2.05) is 0 Å². The fourth-order valence-electron chi connectivity index (χ4n) is 1.54. The van der Waals surface area contributed by atoms with Gasteiger partial charge in [0.2, 0.25) is 0 Å². The van der Waals surface area contributed by atoms with Gasteiger partial charge in [-0.1, -0.05) is 23.2 Å². The highest BCUT2D eigenvalue weighted by Gasteiger charge is 2.22. The molecule has 0 aliphatic carbocycles. The second kappa shape index (κ2) is 6.23. The summed E-state index contributed by atoms with van der Waals surface area (Å²) in [5.41, 5.74) is 0.272. The molecule has 0 aliphatic rings. The number of ether oxygens (including phenoxy) is 1. The molecule has 1 aromatic carbocycles. The summed E-state index contributed by atoms with van der Waals surface area (Å²) < 4.78 is 31.5. The Hall–Kier alpha value is -1.28. The summed E-state index contributed by atoms with van der Waals surface area (Å²) in [5.74, 6) is -0.629. The lowest BCUT2D eigenvalue weighted by Gasteiger charge is -2.09. The van der Waals surface area contributed by atoms with E-state index in [1.165, 1.54) is 47.4 Å². The number of methoxy groups -OCH3 is 1. The van der Waals surface area contributed by atoms with E-state index in [4.69, 9.17) is 23.2 Å². The molecule has 0 bridgehead atoms. The molecule has 21 heavy (non-hydrogen) atoms. The predicted octanol–water partition coefficient (Wildman–Crippen LogP) is 3.64. The third-order valence-electron chi connectivity index (χ3n) is 2.50. The first-order chi connectivity index (χ1) is 9.85. The van der Waals surface area contributed by atoms with Crippen LogP contribution in [0.4, 0.5) is 5.69 Å². The molecule has 9 heteroatoms. The molecule has 0 saturated carbocycles. The van der Waals surface area contributed by atoms with Gasteiger partial charge in [0, 0.05) is 15.8 Å². The van der Waals surface area contributed by atoms with Gasteiger partial charge in [-0.25, -0.2) is 13.2 Å². The van der Waals surface area contributed by atoms with E-state index in [0.717, 1.165) is 0 Å². The van der Waals surface area contributed by atoms with Crippen LogP contribution in [0.25, 0.3) is 0 Å². The molecule has 0 radical (unpaired) electrons. The number of sulfonamides is 1. The van der Waals surface area contributed by atoms with Crippen molar-refractivity contribution < 1.29 is 17.9 Å². The normalized spacial score (nSPS) is 11.2. The Balaban J connectivity index is 2.38. The Kier molecular flexibility index (Phi) is 4.77. The average Bonchev–Trinajstić information content (AvgIpc) is 2.84. The average molecular weight is 366 g/mol. The van der Waals surface area contributed by atoms with Crippen molar-refractivity contribution in [1.29, 1.82) is 0 Å². The zero-order valence-corrected chi connectivity index (χ0v) is 13.7. The number of carbonyl (C=O) groups is 1. The van der Waals surface area contributed by atoms with Gasteiger partial charge in [-0.2, -0.15) is 0 Å². The molecular weight excluding hydrogens is 357 g/mol. The van der Waals surface area contributed by atoms with E-state index >= 15 is 0 Å². The van der Waals surface area contributed by atoms with E-state index in [0.29, 0.717) is 5.02 Å². The first-order valence-corrected chi connectivity index (χ1v) is 8.65. The van der Waals surface area contributed by atoms with Crippen LogP contribution in [0.15, 0.2) is 33.9 Å². The predicted molar refractivity (Wildman–Crippen MR) is 82.9 cm³/mol. The minimum atomic E-state index is -3.94. The largest absolute Gasteiger partial charge is 0.465 e. The number of halogens is 2. The van der Waals surface area contributed by atoms with Crippen LogP contribution in [0.1, 0.15) is 10.4 Å². The Bertz CT molecular complexity index is 786. The first-order valence-electron chi connectivity index (χ1n) is 5.47. The summed E-state index contributed by atoms with van der Waals surface area (Å²) in [6, 6.07) is 4.03. The van der Waals surface area contributed by atoms with Crippen LogP contribution in [-0.2, 0) is 14.8 Å². The molecule has 0 saturated heterocycles. The quantitative estimate of drug-likeness (QED) is 0.839. The Morgan fingerprint density at radius 3 is 2.62 bits per heavy atom. The van der Waals surface area contributed by atoms with Crippen molar-refractivity contribution >= 4 is 56.2 Å². The lowest BCUT2D eigenvalue weighted by atomic mass is 10.3. The maximum absolute atomic E-state index is 12.3. The Morgan fingerprint density at radius 2 is 2.00 bits per heavy atom. The van der Waals surface area contributed by atoms with Crippen molar-refractivity contribution in [1.82, 2.24) is 0 Å². The first kappa shape index (κ1) is 16.1. The van der Waals surface area contributed by atoms with E-state index in [1.54, 1.807) is 0 Å². The second-order valence-electron chi connectivity index (χ2n) is 3.87. The monoisotopic (exact) mass is 365 g/mol. The number of anilines is 1. The fourth-order valence-corrected chi connectivity index (χ4v) is 4.21. The van der Waals surface area contributed by atoms with E-state index in [-0.39, 0.29) is 21.2 Å². The van der Waals surface area contributed by atoms with Crippen LogP contribution in [0.5, 0.6) is 0 Å². The number of hydrogen-bond acceptors (Lipinski definition) is 5. The zero-order valence-electron chi connectivity index (χ0n) is 10.6. The molecule has 112 valence electrons. The van der Waals surface area contributed by atoms with Gasteiger partial charge in [0.1, 0.15) is 4.90 Å². The third-order valence-corrected chi connectivity index (χ3v) is 5.32. The lowest BCUT2D eigenvalue weighted by Crippen LogP contribution is -2.15.